The minimum absolute atomic E-state index is 0.0118. The zero-order chi connectivity index (χ0) is 17.8. The Morgan fingerprint density at radius 1 is 1.28 bits per heavy atom. The van der Waals surface area contributed by atoms with Crippen LogP contribution in [-0.4, -0.2) is 21.5 Å². The lowest BCUT2D eigenvalue weighted by Crippen LogP contribution is -2.30. The SMILES string of the molecule is Cn1ncc2c1CCCC2NC(=O)CCCC(=O)c1ccc(F)cc1. The minimum Gasteiger partial charge on any atom is -0.349 e. The van der Waals surface area contributed by atoms with Crippen molar-refractivity contribution in [3.63, 3.8) is 0 Å². The minimum atomic E-state index is -0.363. The highest BCUT2D eigenvalue weighted by atomic mass is 19.1. The highest BCUT2D eigenvalue weighted by Crippen LogP contribution is 2.29. The Morgan fingerprint density at radius 3 is 2.80 bits per heavy atom. The van der Waals surface area contributed by atoms with Gasteiger partial charge in [-0.15, -0.1) is 0 Å². The van der Waals surface area contributed by atoms with Crippen molar-refractivity contribution in [3.8, 4) is 0 Å². The van der Waals surface area contributed by atoms with E-state index < -0.39 is 0 Å². The van der Waals surface area contributed by atoms with Gasteiger partial charge in [0.25, 0.3) is 0 Å². The van der Waals surface area contributed by atoms with Gasteiger partial charge in [0, 0.05) is 36.7 Å². The van der Waals surface area contributed by atoms with Crippen LogP contribution in [0.5, 0.6) is 0 Å². The van der Waals surface area contributed by atoms with E-state index in [1.807, 2.05) is 17.9 Å². The molecular formula is C19H22FN3O2. The molecule has 2 aromatic rings. The van der Waals surface area contributed by atoms with Gasteiger partial charge in [0.1, 0.15) is 5.82 Å². The van der Waals surface area contributed by atoms with Gasteiger partial charge in [0.2, 0.25) is 5.91 Å². The van der Waals surface area contributed by atoms with Gasteiger partial charge in [0.15, 0.2) is 5.78 Å². The summed E-state index contributed by atoms with van der Waals surface area (Å²) in [5, 5.41) is 7.33. The van der Waals surface area contributed by atoms with Gasteiger partial charge >= 0.3 is 0 Å². The second-order valence-electron chi connectivity index (χ2n) is 6.47. The van der Waals surface area contributed by atoms with Crippen LogP contribution in [0.25, 0.3) is 0 Å². The van der Waals surface area contributed by atoms with Crippen LogP contribution in [0.1, 0.15) is 59.8 Å². The number of benzene rings is 1. The third-order valence-corrected chi connectivity index (χ3v) is 4.68. The molecule has 6 heteroatoms. The molecule has 0 saturated carbocycles. The van der Waals surface area contributed by atoms with E-state index >= 15 is 0 Å². The number of carbonyl (C=O) groups is 2. The van der Waals surface area contributed by atoms with E-state index in [1.54, 1.807) is 0 Å². The molecule has 0 saturated heterocycles. The fourth-order valence-corrected chi connectivity index (χ4v) is 3.31. The molecule has 1 aromatic carbocycles. The second-order valence-corrected chi connectivity index (χ2v) is 6.47. The quantitative estimate of drug-likeness (QED) is 0.820. The number of nitrogens with zero attached hydrogens (tertiary/aromatic N) is 2. The molecule has 0 radical (unpaired) electrons. The summed E-state index contributed by atoms with van der Waals surface area (Å²) >= 11 is 0. The zero-order valence-corrected chi connectivity index (χ0v) is 14.3. The Morgan fingerprint density at radius 2 is 2.04 bits per heavy atom. The Kier molecular flexibility index (Phi) is 5.26. The lowest BCUT2D eigenvalue weighted by molar-refractivity contribution is -0.122. The van der Waals surface area contributed by atoms with Gasteiger partial charge in [-0.3, -0.25) is 14.3 Å². The van der Waals surface area contributed by atoms with E-state index in [-0.39, 0.29) is 30.0 Å². The number of halogens is 1. The standard InChI is InChI=1S/C19H22FN3O2/c1-23-17-5-2-4-16(15(17)12-21-23)22-19(25)7-3-6-18(24)13-8-10-14(20)11-9-13/h8-12,16H,2-7H2,1H3,(H,22,25). The van der Waals surface area contributed by atoms with Crippen molar-refractivity contribution in [2.45, 2.75) is 44.6 Å². The monoisotopic (exact) mass is 343 g/mol. The number of Topliss-reactive ketones (excluding diaryl/α,β-unsaturated/α-hetero) is 1. The summed E-state index contributed by atoms with van der Waals surface area (Å²) < 4.78 is 14.7. The molecule has 5 nitrogen and oxygen atoms in total. The third kappa shape index (κ3) is 4.13. The average molecular weight is 343 g/mol. The molecular weight excluding hydrogens is 321 g/mol. The molecule has 0 bridgehead atoms. The number of aryl methyl sites for hydroxylation is 1. The predicted molar refractivity (Wildman–Crippen MR) is 91.6 cm³/mol. The van der Waals surface area contributed by atoms with Crippen molar-refractivity contribution < 1.29 is 14.0 Å². The molecule has 25 heavy (non-hydrogen) atoms. The molecule has 0 spiro atoms. The van der Waals surface area contributed by atoms with E-state index in [0.717, 1.165) is 24.8 Å². The van der Waals surface area contributed by atoms with Crippen molar-refractivity contribution in [2.24, 2.45) is 7.05 Å². The first kappa shape index (κ1) is 17.3. The molecule has 1 aliphatic carbocycles. The number of ketones is 1. The van der Waals surface area contributed by atoms with E-state index in [4.69, 9.17) is 0 Å². The Hall–Kier alpha value is -2.50. The number of rotatable bonds is 6. The molecule has 1 aliphatic rings. The molecule has 1 atom stereocenters. The number of hydrogen-bond donors (Lipinski definition) is 1. The molecule has 1 aromatic heterocycles. The van der Waals surface area contributed by atoms with Crippen LogP contribution in [0.2, 0.25) is 0 Å². The number of fused-ring (bicyclic) bond motifs is 1. The summed E-state index contributed by atoms with van der Waals surface area (Å²) in [6.45, 7) is 0. The van der Waals surface area contributed by atoms with Crippen LogP contribution in [0, 0.1) is 5.82 Å². The van der Waals surface area contributed by atoms with Crippen molar-refractivity contribution in [1.82, 2.24) is 15.1 Å². The average Bonchev–Trinajstić information content (AvgIpc) is 2.98. The first-order valence-electron chi connectivity index (χ1n) is 8.63. The van der Waals surface area contributed by atoms with E-state index in [9.17, 15) is 14.0 Å². The summed E-state index contributed by atoms with van der Waals surface area (Å²) in [4.78, 5) is 24.2. The van der Waals surface area contributed by atoms with Crippen molar-refractivity contribution in [2.75, 3.05) is 0 Å². The van der Waals surface area contributed by atoms with Crippen LogP contribution in [0.3, 0.4) is 0 Å². The predicted octanol–water partition coefficient (Wildman–Crippen LogP) is 3.11. The molecule has 3 rings (SSSR count). The molecule has 132 valence electrons. The first-order chi connectivity index (χ1) is 12.0. The first-order valence-corrected chi connectivity index (χ1v) is 8.63. The number of carbonyl (C=O) groups excluding carboxylic acids is 2. The Bertz CT molecular complexity index is 767. The van der Waals surface area contributed by atoms with Gasteiger partial charge in [-0.05, 0) is 49.9 Å². The van der Waals surface area contributed by atoms with Gasteiger partial charge < -0.3 is 5.32 Å². The fourth-order valence-electron chi connectivity index (χ4n) is 3.31. The number of nitrogens with one attached hydrogen (secondary N) is 1. The molecule has 0 fully saturated rings. The molecule has 1 N–H and O–H groups in total. The zero-order valence-electron chi connectivity index (χ0n) is 14.3. The van der Waals surface area contributed by atoms with Gasteiger partial charge in [-0.25, -0.2) is 4.39 Å². The summed E-state index contributed by atoms with van der Waals surface area (Å²) in [6.07, 6.45) is 5.83. The summed E-state index contributed by atoms with van der Waals surface area (Å²) in [7, 11) is 1.92. The molecule has 1 heterocycles. The lowest BCUT2D eigenvalue weighted by Gasteiger charge is -2.23. The maximum absolute atomic E-state index is 12.9. The van der Waals surface area contributed by atoms with Gasteiger partial charge in [-0.1, -0.05) is 0 Å². The number of aromatic nitrogens is 2. The summed E-state index contributed by atoms with van der Waals surface area (Å²) in [5.74, 6) is -0.480. The Balaban J connectivity index is 1.47. The maximum Gasteiger partial charge on any atom is 0.220 e. The van der Waals surface area contributed by atoms with Crippen molar-refractivity contribution in [3.05, 3.63) is 53.1 Å². The molecule has 0 aliphatic heterocycles. The van der Waals surface area contributed by atoms with Crippen LogP contribution in [0.4, 0.5) is 4.39 Å². The van der Waals surface area contributed by atoms with Crippen LogP contribution >= 0.6 is 0 Å². The number of amides is 1. The van der Waals surface area contributed by atoms with Crippen molar-refractivity contribution >= 4 is 11.7 Å². The van der Waals surface area contributed by atoms with Gasteiger partial charge in [0.05, 0.1) is 12.2 Å². The highest BCUT2D eigenvalue weighted by molar-refractivity contribution is 5.96. The smallest absolute Gasteiger partial charge is 0.220 e. The summed E-state index contributed by atoms with van der Waals surface area (Å²) in [6, 6.07) is 5.51. The maximum atomic E-state index is 12.9. The normalized spacial score (nSPS) is 16.3. The van der Waals surface area contributed by atoms with E-state index in [0.29, 0.717) is 18.4 Å². The lowest BCUT2D eigenvalue weighted by atomic mass is 9.93. The van der Waals surface area contributed by atoms with Crippen LogP contribution < -0.4 is 5.32 Å². The summed E-state index contributed by atoms with van der Waals surface area (Å²) in [5.41, 5.74) is 2.77. The second kappa shape index (κ2) is 7.59. The highest BCUT2D eigenvalue weighted by Gasteiger charge is 2.24. The van der Waals surface area contributed by atoms with E-state index in [2.05, 4.69) is 10.4 Å². The van der Waals surface area contributed by atoms with Gasteiger partial charge in [-0.2, -0.15) is 5.10 Å². The topological polar surface area (TPSA) is 64.0 Å². The van der Waals surface area contributed by atoms with E-state index in [1.165, 1.54) is 30.0 Å². The molecule has 1 amide bonds. The fraction of sp³-hybridized carbons (Fsp3) is 0.421. The largest absolute Gasteiger partial charge is 0.349 e. The Labute approximate surface area is 146 Å². The molecule has 1 unspecified atom stereocenters. The number of hydrogen-bond acceptors (Lipinski definition) is 3. The van der Waals surface area contributed by atoms with Crippen LogP contribution in [-0.2, 0) is 18.3 Å². The van der Waals surface area contributed by atoms with Crippen molar-refractivity contribution in [1.29, 1.82) is 0 Å². The third-order valence-electron chi connectivity index (χ3n) is 4.68. The van der Waals surface area contributed by atoms with Crippen LogP contribution in [0.15, 0.2) is 30.5 Å².